The SMILES string of the molecule is O=C(O)CCCNC(=O)N1CCCC(CNC(=O)Nc2cccc(F)c2)C1. The molecule has 1 aliphatic rings. The van der Waals surface area contributed by atoms with Crippen molar-refractivity contribution in [1.82, 2.24) is 15.5 Å². The minimum Gasteiger partial charge on any atom is -0.481 e. The van der Waals surface area contributed by atoms with Gasteiger partial charge in [0, 0.05) is 38.3 Å². The van der Waals surface area contributed by atoms with Crippen molar-refractivity contribution in [2.24, 2.45) is 5.92 Å². The van der Waals surface area contributed by atoms with Gasteiger partial charge in [-0.2, -0.15) is 0 Å². The number of anilines is 1. The zero-order valence-electron chi connectivity index (χ0n) is 15.0. The Morgan fingerprint density at radius 1 is 1.26 bits per heavy atom. The number of carboxylic acids is 1. The number of halogens is 1. The highest BCUT2D eigenvalue weighted by atomic mass is 19.1. The predicted octanol–water partition coefficient (Wildman–Crippen LogP) is 2.23. The quantitative estimate of drug-likeness (QED) is 0.544. The molecule has 1 unspecified atom stereocenters. The molecule has 0 saturated carbocycles. The lowest BCUT2D eigenvalue weighted by molar-refractivity contribution is -0.137. The number of aliphatic carboxylic acids is 1. The number of carbonyl (C=O) groups is 3. The molecule has 148 valence electrons. The van der Waals surface area contributed by atoms with E-state index < -0.39 is 17.8 Å². The van der Waals surface area contributed by atoms with E-state index in [0.717, 1.165) is 12.8 Å². The Bertz CT molecular complexity index is 671. The smallest absolute Gasteiger partial charge is 0.319 e. The van der Waals surface area contributed by atoms with Crippen molar-refractivity contribution in [1.29, 1.82) is 0 Å². The molecule has 1 aromatic rings. The number of carboxylic acid groups (broad SMARTS) is 1. The van der Waals surface area contributed by atoms with Gasteiger partial charge in [0.05, 0.1) is 0 Å². The van der Waals surface area contributed by atoms with Crippen LogP contribution >= 0.6 is 0 Å². The van der Waals surface area contributed by atoms with Gasteiger partial charge in [-0.05, 0) is 43.4 Å². The molecule has 0 radical (unpaired) electrons. The molecule has 1 aliphatic heterocycles. The lowest BCUT2D eigenvalue weighted by atomic mass is 9.98. The molecule has 9 heteroatoms. The van der Waals surface area contributed by atoms with Crippen LogP contribution in [-0.2, 0) is 4.79 Å². The average molecular weight is 380 g/mol. The van der Waals surface area contributed by atoms with E-state index in [9.17, 15) is 18.8 Å². The number of nitrogens with zero attached hydrogens (tertiary/aromatic N) is 1. The monoisotopic (exact) mass is 380 g/mol. The van der Waals surface area contributed by atoms with Crippen LogP contribution in [0.5, 0.6) is 0 Å². The van der Waals surface area contributed by atoms with Crippen molar-refractivity contribution in [3.8, 4) is 0 Å². The van der Waals surface area contributed by atoms with Crippen molar-refractivity contribution < 1.29 is 23.9 Å². The topological polar surface area (TPSA) is 111 Å². The molecule has 1 heterocycles. The van der Waals surface area contributed by atoms with E-state index in [1.165, 1.54) is 18.2 Å². The third kappa shape index (κ3) is 7.51. The van der Waals surface area contributed by atoms with Crippen molar-refractivity contribution in [2.45, 2.75) is 25.7 Å². The molecular formula is C18H25FN4O4. The third-order valence-corrected chi connectivity index (χ3v) is 4.28. The van der Waals surface area contributed by atoms with Gasteiger partial charge in [0.25, 0.3) is 0 Å². The maximum Gasteiger partial charge on any atom is 0.319 e. The molecular weight excluding hydrogens is 355 g/mol. The largest absolute Gasteiger partial charge is 0.481 e. The van der Waals surface area contributed by atoms with Gasteiger partial charge in [-0.1, -0.05) is 6.07 Å². The summed E-state index contributed by atoms with van der Waals surface area (Å²) < 4.78 is 13.1. The van der Waals surface area contributed by atoms with Crippen molar-refractivity contribution in [3.05, 3.63) is 30.1 Å². The number of hydrogen-bond donors (Lipinski definition) is 4. The molecule has 0 bridgehead atoms. The van der Waals surface area contributed by atoms with Gasteiger partial charge < -0.3 is 26.0 Å². The third-order valence-electron chi connectivity index (χ3n) is 4.28. The number of amides is 4. The van der Waals surface area contributed by atoms with Crippen LogP contribution in [0.4, 0.5) is 19.7 Å². The maximum atomic E-state index is 13.1. The zero-order chi connectivity index (χ0) is 19.6. The standard InChI is InChI=1S/C18H25FN4O4/c19-14-5-1-6-15(10-14)22-17(26)21-11-13-4-3-9-23(12-13)18(27)20-8-2-7-16(24)25/h1,5-6,10,13H,2-4,7-9,11-12H2,(H,20,27)(H,24,25)(H2,21,22,26). The zero-order valence-corrected chi connectivity index (χ0v) is 15.0. The number of nitrogens with one attached hydrogen (secondary N) is 3. The first-order valence-electron chi connectivity index (χ1n) is 8.99. The molecule has 2 rings (SSSR count). The van der Waals surface area contributed by atoms with Crippen LogP contribution in [0.3, 0.4) is 0 Å². The van der Waals surface area contributed by atoms with Crippen LogP contribution in [0.15, 0.2) is 24.3 Å². The van der Waals surface area contributed by atoms with Crippen LogP contribution in [0, 0.1) is 11.7 Å². The summed E-state index contributed by atoms with van der Waals surface area (Å²) in [5.41, 5.74) is 0.374. The number of hydrogen-bond acceptors (Lipinski definition) is 3. The van der Waals surface area contributed by atoms with Crippen LogP contribution < -0.4 is 16.0 Å². The Labute approximate surface area is 157 Å². The summed E-state index contributed by atoms with van der Waals surface area (Å²) in [6.07, 6.45) is 2.14. The first kappa shape index (κ1) is 20.5. The highest BCUT2D eigenvalue weighted by Gasteiger charge is 2.23. The summed E-state index contributed by atoms with van der Waals surface area (Å²) in [4.78, 5) is 36.2. The number of piperidine rings is 1. The van der Waals surface area contributed by atoms with Gasteiger partial charge in [-0.15, -0.1) is 0 Å². The Morgan fingerprint density at radius 3 is 2.81 bits per heavy atom. The summed E-state index contributed by atoms with van der Waals surface area (Å²) in [6, 6.07) is 5.01. The molecule has 1 aromatic carbocycles. The van der Waals surface area contributed by atoms with E-state index in [1.54, 1.807) is 11.0 Å². The van der Waals surface area contributed by atoms with Crippen LogP contribution in [0.2, 0.25) is 0 Å². The second-order valence-corrected chi connectivity index (χ2v) is 6.53. The second kappa shape index (κ2) is 10.3. The molecule has 1 saturated heterocycles. The fourth-order valence-electron chi connectivity index (χ4n) is 2.94. The second-order valence-electron chi connectivity index (χ2n) is 6.53. The highest BCUT2D eigenvalue weighted by Crippen LogP contribution is 2.16. The predicted molar refractivity (Wildman–Crippen MR) is 98.0 cm³/mol. The molecule has 4 amide bonds. The van der Waals surface area contributed by atoms with Gasteiger partial charge in [-0.3, -0.25) is 4.79 Å². The van der Waals surface area contributed by atoms with Gasteiger partial charge in [0.2, 0.25) is 0 Å². The van der Waals surface area contributed by atoms with Crippen molar-refractivity contribution in [3.63, 3.8) is 0 Å². The average Bonchev–Trinajstić information content (AvgIpc) is 2.63. The van der Waals surface area contributed by atoms with Gasteiger partial charge in [-0.25, -0.2) is 14.0 Å². The molecule has 4 N–H and O–H groups in total. The first-order valence-corrected chi connectivity index (χ1v) is 8.99. The van der Waals surface area contributed by atoms with Crippen molar-refractivity contribution >= 4 is 23.7 Å². The van der Waals surface area contributed by atoms with E-state index in [1.807, 2.05) is 0 Å². The molecule has 1 atom stereocenters. The van der Waals surface area contributed by atoms with Crippen LogP contribution in [0.1, 0.15) is 25.7 Å². The fourth-order valence-corrected chi connectivity index (χ4v) is 2.94. The summed E-state index contributed by atoms with van der Waals surface area (Å²) in [6.45, 7) is 1.88. The van der Waals surface area contributed by atoms with E-state index in [0.29, 0.717) is 38.3 Å². The van der Waals surface area contributed by atoms with E-state index in [2.05, 4.69) is 16.0 Å². The Kier molecular flexibility index (Phi) is 7.84. The molecule has 8 nitrogen and oxygen atoms in total. The normalized spacial score (nSPS) is 16.5. The number of urea groups is 2. The lowest BCUT2D eigenvalue weighted by Crippen LogP contribution is -2.48. The number of likely N-dealkylation sites (tertiary alicyclic amines) is 1. The molecule has 1 fully saturated rings. The van der Waals surface area contributed by atoms with E-state index >= 15 is 0 Å². The molecule has 0 spiro atoms. The summed E-state index contributed by atoms with van der Waals surface area (Å²) in [7, 11) is 0. The highest BCUT2D eigenvalue weighted by molar-refractivity contribution is 5.89. The van der Waals surface area contributed by atoms with E-state index in [-0.39, 0.29) is 18.4 Å². The van der Waals surface area contributed by atoms with Crippen LogP contribution in [-0.4, -0.2) is 54.2 Å². The number of carbonyl (C=O) groups excluding carboxylic acids is 2. The van der Waals surface area contributed by atoms with Gasteiger partial charge >= 0.3 is 18.0 Å². The molecule has 0 aliphatic carbocycles. The molecule has 0 aromatic heterocycles. The number of benzene rings is 1. The van der Waals surface area contributed by atoms with E-state index in [4.69, 9.17) is 5.11 Å². The first-order chi connectivity index (χ1) is 12.9. The van der Waals surface area contributed by atoms with Crippen molar-refractivity contribution in [2.75, 3.05) is 31.5 Å². The fraction of sp³-hybridized carbons (Fsp3) is 0.500. The molecule has 27 heavy (non-hydrogen) atoms. The Balaban J connectivity index is 1.70. The lowest BCUT2D eigenvalue weighted by Gasteiger charge is -2.32. The Hall–Kier alpha value is -2.84. The van der Waals surface area contributed by atoms with Crippen LogP contribution in [0.25, 0.3) is 0 Å². The van der Waals surface area contributed by atoms with Gasteiger partial charge in [0.15, 0.2) is 0 Å². The summed E-state index contributed by atoms with van der Waals surface area (Å²) >= 11 is 0. The van der Waals surface area contributed by atoms with Gasteiger partial charge in [0.1, 0.15) is 5.82 Å². The Morgan fingerprint density at radius 2 is 2.07 bits per heavy atom. The summed E-state index contributed by atoms with van der Waals surface area (Å²) in [5, 5.41) is 16.6. The maximum absolute atomic E-state index is 13.1. The summed E-state index contributed by atoms with van der Waals surface area (Å²) in [5.74, 6) is -1.18. The number of rotatable bonds is 7. The minimum absolute atomic E-state index is 0.0211. The minimum atomic E-state index is -0.884.